The lowest BCUT2D eigenvalue weighted by molar-refractivity contribution is 0.0447. The van der Waals surface area contributed by atoms with Gasteiger partial charge in [0.25, 0.3) is 5.91 Å². The topological polar surface area (TPSA) is 79.2 Å². The molecular weight excluding hydrogens is 352 g/mol. The third kappa shape index (κ3) is 3.92. The fraction of sp³-hybridized carbons (Fsp3) is 0.273. The van der Waals surface area contributed by atoms with Gasteiger partial charge in [0.2, 0.25) is 0 Å². The number of rotatable bonds is 4. The summed E-state index contributed by atoms with van der Waals surface area (Å²) in [5.41, 5.74) is 3.16. The van der Waals surface area contributed by atoms with Crippen LogP contribution in [0.1, 0.15) is 35.0 Å². The Balaban J connectivity index is 1.42. The van der Waals surface area contributed by atoms with Gasteiger partial charge in [0.15, 0.2) is 0 Å². The van der Waals surface area contributed by atoms with Gasteiger partial charge in [-0.1, -0.05) is 18.2 Å². The molecule has 1 N–H and O–H groups in total. The summed E-state index contributed by atoms with van der Waals surface area (Å²) in [6, 6.07) is 13.1. The second-order valence-electron chi connectivity index (χ2n) is 7.04. The zero-order valence-electron chi connectivity index (χ0n) is 15.5. The number of hydrogen-bond donors (Lipinski definition) is 1. The van der Waals surface area contributed by atoms with E-state index in [1.807, 2.05) is 47.4 Å². The van der Waals surface area contributed by atoms with Crippen LogP contribution in [0, 0.1) is 5.92 Å². The summed E-state index contributed by atoms with van der Waals surface area (Å²) in [7, 11) is 0. The number of pyridine rings is 1. The number of benzene rings is 1. The van der Waals surface area contributed by atoms with E-state index in [1.54, 1.807) is 18.6 Å². The fourth-order valence-corrected chi connectivity index (χ4v) is 3.67. The molecule has 28 heavy (non-hydrogen) atoms. The predicted molar refractivity (Wildman–Crippen MR) is 105 cm³/mol. The van der Waals surface area contributed by atoms with Crippen LogP contribution in [-0.2, 0) is 0 Å². The van der Waals surface area contributed by atoms with Crippen molar-refractivity contribution in [2.75, 3.05) is 13.1 Å². The molecule has 0 aliphatic carbocycles. The number of hydrogen-bond acceptors (Lipinski definition) is 5. The SMILES string of the molecule is O=C(c1cccc(-c2cncnc2)c1)N1CCC([C@@H](O)c2ccccn2)CC1. The molecule has 1 aliphatic rings. The number of carbonyl (C=O) groups excluding carboxylic acids is 1. The number of piperidine rings is 1. The Labute approximate surface area is 163 Å². The molecular formula is C22H22N4O2. The summed E-state index contributed by atoms with van der Waals surface area (Å²) in [5.74, 6) is 0.135. The zero-order chi connectivity index (χ0) is 19.3. The minimum atomic E-state index is -0.583. The Hall–Kier alpha value is -3.12. The van der Waals surface area contributed by atoms with Crippen molar-refractivity contribution in [1.82, 2.24) is 19.9 Å². The van der Waals surface area contributed by atoms with Gasteiger partial charge in [0.05, 0.1) is 11.8 Å². The van der Waals surface area contributed by atoms with Crippen molar-refractivity contribution in [1.29, 1.82) is 0 Å². The van der Waals surface area contributed by atoms with Gasteiger partial charge in [-0.05, 0) is 48.6 Å². The van der Waals surface area contributed by atoms with E-state index >= 15 is 0 Å². The van der Waals surface area contributed by atoms with Crippen LogP contribution >= 0.6 is 0 Å². The van der Waals surface area contributed by atoms with Gasteiger partial charge in [-0.2, -0.15) is 0 Å². The Morgan fingerprint density at radius 3 is 2.54 bits per heavy atom. The minimum absolute atomic E-state index is 0.0180. The van der Waals surface area contributed by atoms with Crippen molar-refractivity contribution in [3.05, 3.63) is 78.6 Å². The monoisotopic (exact) mass is 374 g/mol. The van der Waals surface area contributed by atoms with Crippen LogP contribution in [-0.4, -0.2) is 44.0 Å². The summed E-state index contributed by atoms with van der Waals surface area (Å²) in [4.78, 5) is 27.1. The molecule has 0 bridgehead atoms. The number of aliphatic hydroxyl groups excluding tert-OH is 1. The van der Waals surface area contributed by atoms with E-state index < -0.39 is 6.10 Å². The van der Waals surface area contributed by atoms with Crippen molar-refractivity contribution in [2.45, 2.75) is 18.9 Å². The second kappa shape index (κ2) is 8.27. The highest BCUT2D eigenvalue weighted by atomic mass is 16.3. The van der Waals surface area contributed by atoms with Gasteiger partial charge in [-0.25, -0.2) is 9.97 Å². The van der Waals surface area contributed by atoms with Gasteiger partial charge in [-0.15, -0.1) is 0 Å². The van der Waals surface area contributed by atoms with Crippen molar-refractivity contribution >= 4 is 5.91 Å². The molecule has 3 heterocycles. The maximum absolute atomic E-state index is 12.9. The highest BCUT2D eigenvalue weighted by Crippen LogP contribution is 2.30. The summed E-state index contributed by atoms with van der Waals surface area (Å²) < 4.78 is 0. The van der Waals surface area contributed by atoms with Gasteiger partial charge >= 0.3 is 0 Å². The van der Waals surface area contributed by atoms with Gasteiger partial charge in [0.1, 0.15) is 6.33 Å². The summed E-state index contributed by atoms with van der Waals surface area (Å²) in [5, 5.41) is 10.6. The zero-order valence-corrected chi connectivity index (χ0v) is 15.5. The number of aromatic nitrogens is 3. The standard InChI is InChI=1S/C22H22N4O2/c27-21(20-6-1-2-9-25-20)16-7-10-26(11-8-16)22(28)18-5-3-4-17(12-18)19-13-23-15-24-14-19/h1-6,9,12-16,21,27H,7-8,10-11H2/t21-/m1/s1. The summed E-state index contributed by atoms with van der Waals surface area (Å²) in [6.45, 7) is 1.26. The average molecular weight is 374 g/mol. The van der Waals surface area contributed by atoms with Crippen LogP contribution in [0.25, 0.3) is 11.1 Å². The normalized spacial score (nSPS) is 16.0. The lowest BCUT2D eigenvalue weighted by Gasteiger charge is -2.34. The lowest BCUT2D eigenvalue weighted by atomic mass is 9.89. The van der Waals surface area contributed by atoms with E-state index in [2.05, 4.69) is 15.0 Å². The average Bonchev–Trinajstić information content (AvgIpc) is 2.79. The Kier molecular flexibility index (Phi) is 5.39. The molecule has 0 unspecified atom stereocenters. The number of amides is 1. The lowest BCUT2D eigenvalue weighted by Crippen LogP contribution is -2.39. The van der Waals surface area contributed by atoms with Gasteiger partial charge in [0, 0.05) is 42.8 Å². The molecule has 1 fully saturated rings. The third-order valence-electron chi connectivity index (χ3n) is 5.27. The third-order valence-corrected chi connectivity index (χ3v) is 5.27. The second-order valence-corrected chi connectivity index (χ2v) is 7.04. The molecule has 0 spiro atoms. The Bertz CT molecular complexity index is 926. The van der Waals surface area contributed by atoms with Crippen LogP contribution in [0.15, 0.2) is 67.4 Å². The minimum Gasteiger partial charge on any atom is -0.387 e. The molecule has 4 rings (SSSR count). The molecule has 1 saturated heterocycles. The quantitative estimate of drug-likeness (QED) is 0.759. The molecule has 3 aromatic rings. The Morgan fingerprint density at radius 2 is 1.82 bits per heavy atom. The van der Waals surface area contributed by atoms with E-state index in [-0.39, 0.29) is 11.8 Å². The summed E-state index contributed by atoms with van der Waals surface area (Å²) >= 11 is 0. The van der Waals surface area contributed by atoms with E-state index in [0.29, 0.717) is 24.3 Å². The van der Waals surface area contributed by atoms with E-state index in [1.165, 1.54) is 6.33 Å². The van der Waals surface area contributed by atoms with Gasteiger partial charge in [-0.3, -0.25) is 9.78 Å². The first-order chi connectivity index (χ1) is 13.7. The molecule has 0 radical (unpaired) electrons. The predicted octanol–water partition coefficient (Wildman–Crippen LogP) is 3.12. The largest absolute Gasteiger partial charge is 0.387 e. The van der Waals surface area contributed by atoms with Crippen molar-refractivity contribution in [3.63, 3.8) is 0 Å². The van der Waals surface area contributed by atoms with Crippen LogP contribution in [0.3, 0.4) is 0 Å². The number of nitrogens with zero attached hydrogens (tertiary/aromatic N) is 4. The molecule has 1 amide bonds. The van der Waals surface area contributed by atoms with E-state index in [4.69, 9.17) is 0 Å². The van der Waals surface area contributed by atoms with Crippen LogP contribution < -0.4 is 0 Å². The first-order valence-electron chi connectivity index (χ1n) is 9.46. The number of aliphatic hydroxyl groups is 1. The molecule has 1 aliphatic heterocycles. The molecule has 1 atom stereocenters. The first kappa shape index (κ1) is 18.3. The maximum atomic E-state index is 12.9. The van der Waals surface area contributed by atoms with Crippen LogP contribution in [0.4, 0.5) is 0 Å². The first-order valence-corrected chi connectivity index (χ1v) is 9.46. The van der Waals surface area contributed by atoms with Crippen LogP contribution in [0.5, 0.6) is 0 Å². The number of likely N-dealkylation sites (tertiary alicyclic amines) is 1. The molecule has 1 aromatic carbocycles. The summed E-state index contributed by atoms with van der Waals surface area (Å²) in [6.07, 6.45) is 7.59. The van der Waals surface area contributed by atoms with Crippen molar-refractivity contribution in [3.8, 4) is 11.1 Å². The highest BCUT2D eigenvalue weighted by molar-refractivity contribution is 5.95. The van der Waals surface area contributed by atoms with E-state index in [9.17, 15) is 9.90 Å². The molecule has 6 heteroatoms. The molecule has 2 aromatic heterocycles. The molecule has 6 nitrogen and oxygen atoms in total. The van der Waals surface area contributed by atoms with E-state index in [0.717, 1.165) is 24.0 Å². The smallest absolute Gasteiger partial charge is 0.253 e. The Morgan fingerprint density at radius 1 is 1.04 bits per heavy atom. The molecule has 142 valence electrons. The van der Waals surface area contributed by atoms with Crippen LogP contribution in [0.2, 0.25) is 0 Å². The highest BCUT2D eigenvalue weighted by Gasteiger charge is 2.29. The fourth-order valence-electron chi connectivity index (χ4n) is 3.67. The number of carbonyl (C=O) groups is 1. The van der Waals surface area contributed by atoms with Gasteiger partial charge < -0.3 is 10.0 Å². The van der Waals surface area contributed by atoms with Crippen molar-refractivity contribution in [2.24, 2.45) is 5.92 Å². The van der Waals surface area contributed by atoms with Crippen molar-refractivity contribution < 1.29 is 9.90 Å². The maximum Gasteiger partial charge on any atom is 0.253 e. The molecule has 0 saturated carbocycles.